The number of rotatable bonds is 3. The Balaban J connectivity index is 1.87. The number of anilines is 1. The van der Waals surface area contributed by atoms with Gasteiger partial charge in [-0.05, 0) is 25.0 Å². The van der Waals surface area contributed by atoms with E-state index in [2.05, 4.69) is 0 Å². The summed E-state index contributed by atoms with van der Waals surface area (Å²) in [6, 6.07) is 7.13. The van der Waals surface area contributed by atoms with Gasteiger partial charge in [-0.3, -0.25) is 19.3 Å². The first kappa shape index (κ1) is 16.8. The number of carbonyl (C=O) groups excluding carboxylic acids is 2. The molecule has 0 aliphatic carbocycles. The second-order valence-corrected chi connectivity index (χ2v) is 7.17. The molecule has 1 fully saturated rings. The van der Waals surface area contributed by atoms with Gasteiger partial charge in [0.05, 0.1) is 5.69 Å². The first-order valence-corrected chi connectivity index (χ1v) is 9.03. The van der Waals surface area contributed by atoms with Crippen LogP contribution >= 0.6 is 11.8 Å². The average Bonchev–Trinajstić information content (AvgIpc) is 2.85. The van der Waals surface area contributed by atoms with E-state index in [0.29, 0.717) is 18.8 Å². The van der Waals surface area contributed by atoms with E-state index in [9.17, 15) is 14.4 Å². The van der Waals surface area contributed by atoms with Crippen LogP contribution in [0.5, 0.6) is 0 Å². The number of carbonyl (C=O) groups is 3. The first-order chi connectivity index (χ1) is 11.6. The predicted octanol–water partition coefficient (Wildman–Crippen LogP) is 1.98. The number of hydrogen-bond acceptors (Lipinski definition) is 4. The summed E-state index contributed by atoms with van der Waals surface area (Å²) < 4.78 is 0. The molecule has 2 heterocycles. The fourth-order valence-corrected chi connectivity index (χ4v) is 4.32. The van der Waals surface area contributed by atoms with Gasteiger partial charge in [-0.1, -0.05) is 25.0 Å². The van der Waals surface area contributed by atoms with Crippen LogP contribution in [0.1, 0.15) is 25.7 Å². The molecule has 1 atom stereocenters. The zero-order valence-corrected chi connectivity index (χ0v) is 14.1. The van der Waals surface area contributed by atoms with Crippen molar-refractivity contribution >= 4 is 35.2 Å². The summed E-state index contributed by atoms with van der Waals surface area (Å²) >= 11 is 1.23. The van der Waals surface area contributed by atoms with Gasteiger partial charge in [0, 0.05) is 18.0 Å². The number of para-hydroxylation sites is 1. The second-order valence-electron chi connectivity index (χ2n) is 6.02. The highest BCUT2D eigenvalue weighted by Gasteiger charge is 2.40. The molecule has 2 aliphatic rings. The van der Waals surface area contributed by atoms with Crippen molar-refractivity contribution < 1.29 is 19.5 Å². The summed E-state index contributed by atoms with van der Waals surface area (Å²) in [7, 11) is 0. The highest BCUT2D eigenvalue weighted by Crippen LogP contribution is 2.39. The summed E-state index contributed by atoms with van der Waals surface area (Å²) in [5.41, 5.74) is 0.565. The molecule has 6 nitrogen and oxygen atoms in total. The molecule has 7 heteroatoms. The van der Waals surface area contributed by atoms with Crippen molar-refractivity contribution in [3.63, 3.8) is 0 Å². The number of carboxylic acids is 1. The molecule has 2 amide bonds. The molecule has 1 aromatic rings. The quantitative estimate of drug-likeness (QED) is 0.845. The number of aliphatic carboxylic acids is 1. The third-order valence-corrected chi connectivity index (χ3v) is 5.56. The largest absolute Gasteiger partial charge is 0.480 e. The van der Waals surface area contributed by atoms with Gasteiger partial charge in [0.25, 0.3) is 5.91 Å². The number of fused-ring (bicyclic) bond motifs is 1. The number of nitrogens with zero attached hydrogens (tertiary/aromatic N) is 2. The number of hydrogen-bond donors (Lipinski definition) is 1. The molecule has 0 aromatic heterocycles. The highest BCUT2D eigenvalue weighted by atomic mass is 32.2. The lowest BCUT2D eigenvalue weighted by molar-refractivity contribution is -0.138. The number of carboxylic acid groups (broad SMARTS) is 1. The Morgan fingerprint density at radius 2 is 1.79 bits per heavy atom. The van der Waals surface area contributed by atoms with Crippen LogP contribution in [0.25, 0.3) is 0 Å². The zero-order chi connectivity index (χ0) is 17.1. The highest BCUT2D eigenvalue weighted by molar-refractivity contribution is 8.01. The molecule has 128 valence electrons. The lowest BCUT2D eigenvalue weighted by Gasteiger charge is -2.34. The van der Waals surface area contributed by atoms with Crippen LogP contribution in [-0.4, -0.2) is 52.7 Å². The van der Waals surface area contributed by atoms with Crippen LogP contribution in [0.2, 0.25) is 0 Å². The maximum Gasteiger partial charge on any atom is 0.323 e. The van der Waals surface area contributed by atoms with Crippen molar-refractivity contribution in [3.8, 4) is 0 Å². The summed E-state index contributed by atoms with van der Waals surface area (Å²) in [5.74, 6) is -1.72. The maximum absolute atomic E-state index is 12.9. The SMILES string of the molecule is O=C(O)CN1C(=O)C(C(=O)N2CCCCCC2)Sc2ccccc21. The van der Waals surface area contributed by atoms with E-state index >= 15 is 0 Å². The van der Waals surface area contributed by atoms with Crippen molar-refractivity contribution in [2.24, 2.45) is 0 Å². The Hall–Kier alpha value is -2.02. The average molecular weight is 348 g/mol. The molecule has 0 spiro atoms. The number of likely N-dealkylation sites (tertiary alicyclic amines) is 1. The molecule has 3 rings (SSSR count). The summed E-state index contributed by atoms with van der Waals surface area (Å²) in [6.45, 7) is 0.910. The van der Waals surface area contributed by atoms with Crippen molar-refractivity contribution in [3.05, 3.63) is 24.3 Å². The van der Waals surface area contributed by atoms with Gasteiger partial charge in [-0.25, -0.2) is 0 Å². The fourth-order valence-electron chi connectivity index (χ4n) is 3.13. The van der Waals surface area contributed by atoms with Gasteiger partial charge < -0.3 is 10.0 Å². The Morgan fingerprint density at radius 1 is 1.12 bits per heavy atom. The molecular formula is C17H20N2O4S. The smallest absolute Gasteiger partial charge is 0.323 e. The Labute approximate surface area is 144 Å². The van der Waals surface area contributed by atoms with E-state index in [-0.39, 0.29) is 5.91 Å². The van der Waals surface area contributed by atoms with E-state index in [0.717, 1.165) is 30.6 Å². The van der Waals surface area contributed by atoms with Crippen LogP contribution in [0.4, 0.5) is 5.69 Å². The zero-order valence-electron chi connectivity index (χ0n) is 13.3. The monoisotopic (exact) mass is 348 g/mol. The van der Waals surface area contributed by atoms with Gasteiger partial charge in [-0.2, -0.15) is 0 Å². The Kier molecular flexibility index (Phi) is 5.08. The van der Waals surface area contributed by atoms with Crippen molar-refractivity contribution in [2.45, 2.75) is 35.8 Å². The lowest BCUT2D eigenvalue weighted by atomic mass is 10.2. The van der Waals surface area contributed by atoms with E-state index < -0.39 is 23.7 Å². The molecule has 2 aliphatic heterocycles. The van der Waals surface area contributed by atoms with Gasteiger partial charge >= 0.3 is 5.97 Å². The summed E-state index contributed by atoms with van der Waals surface area (Å²) in [5, 5.41) is 8.23. The summed E-state index contributed by atoms with van der Waals surface area (Å²) in [6.07, 6.45) is 4.10. The molecule has 1 unspecified atom stereocenters. The summed E-state index contributed by atoms with van der Waals surface area (Å²) in [4.78, 5) is 40.6. The van der Waals surface area contributed by atoms with Gasteiger partial charge in [-0.15, -0.1) is 11.8 Å². The van der Waals surface area contributed by atoms with Crippen LogP contribution in [0.3, 0.4) is 0 Å². The lowest BCUT2D eigenvalue weighted by Crippen LogP contribution is -2.51. The van der Waals surface area contributed by atoms with Crippen molar-refractivity contribution in [1.29, 1.82) is 0 Å². The third-order valence-electron chi connectivity index (χ3n) is 4.33. The molecule has 1 aromatic carbocycles. The number of thioether (sulfide) groups is 1. The third kappa shape index (κ3) is 3.40. The van der Waals surface area contributed by atoms with Crippen LogP contribution in [-0.2, 0) is 14.4 Å². The normalized spacial score (nSPS) is 21.2. The number of amides is 2. The standard InChI is InChI=1S/C17H20N2O4S/c20-14(21)11-19-12-7-3-4-8-13(12)24-15(17(19)23)16(22)18-9-5-1-2-6-10-18/h3-4,7-8,15H,1-2,5-6,9-11H2,(H,20,21). The van der Waals surface area contributed by atoms with Crippen molar-refractivity contribution in [1.82, 2.24) is 4.90 Å². The Bertz CT molecular complexity index is 656. The van der Waals surface area contributed by atoms with Crippen LogP contribution in [0, 0.1) is 0 Å². The van der Waals surface area contributed by atoms with Gasteiger partial charge in [0.1, 0.15) is 6.54 Å². The molecule has 1 saturated heterocycles. The minimum absolute atomic E-state index is 0.197. The van der Waals surface area contributed by atoms with E-state index in [4.69, 9.17) is 5.11 Å². The Morgan fingerprint density at radius 3 is 2.46 bits per heavy atom. The second kappa shape index (κ2) is 7.25. The molecular weight excluding hydrogens is 328 g/mol. The van der Waals surface area contributed by atoms with Crippen LogP contribution < -0.4 is 4.90 Å². The molecule has 0 saturated carbocycles. The number of benzene rings is 1. The molecule has 1 N–H and O–H groups in total. The molecule has 0 bridgehead atoms. The van der Waals surface area contributed by atoms with E-state index in [1.54, 1.807) is 17.0 Å². The first-order valence-electron chi connectivity index (χ1n) is 8.15. The fraction of sp³-hybridized carbons (Fsp3) is 0.471. The van der Waals surface area contributed by atoms with Gasteiger partial charge in [0.15, 0.2) is 5.25 Å². The minimum Gasteiger partial charge on any atom is -0.480 e. The van der Waals surface area contributed by atoms with Crippen LogP contribution in [0.15, 0.2) is 29.2 Å². The molecule has 24 heavy (non-hydrogen) atoms. The van der Waals surface area contributed by atoms with E-state index in [1.807, 2.05) is 12.1 Å². The molecule has 0 radical (unpaired) electrons. The van der Waals surface area contributed by atoms with Crippen molar-refractivity contribution in [2.75, 3.05) is 24.5 Å². The van der Waals surface area contributed by atoms with Gasteiger partial charge in [0.2, 0.25) is 5.91 Å². The predicted molar refractivity (Wildman–Crippen MR) is 91.1 cm³/mol. The van der Waals surface area contributed by atoms with E-state index in [1.165, 1.54) is 16.7 Å². The maximum atomic E-state index is 12.9. The minimum atomic E-state index is -1.09. The topological polar surface area (TPSA) is 77.9 Å².